The Morgan fingerprint density at radius 1 is 1.00 bits per heavy atom. The molecule has 3 aliphatic rings. The van der Waals surface area contributed by atoms with Crippen molar-refractivity contribution in [2.24, 2.45) is 11.3 Å². The molecule has 0 aromatic rings. The topological polar surface area (TPSA) is 26.3 Å². The molecule has 1 atom stereocenters. The van der Waals surface area contributed by atoms with Gasteiger partial charge in [-0.2, -0.15) is 0 Å². The highest BCUT2D eigenvalue weighted by molar-refractivity contribution is 5.87. The molecule has 2 nitrogen and oxygen atoms in total. The van der Waals surface area contributed by atoms with Crippen LogP contribution < -0.4 is 0 Å². The number of carbonyl (C=O) groups is 1. The SMILES string of the molecule is C=C(C)C(=O)OC1(C2CCCC2)CCC2(CCCCC2)C1. The smallest absolute Gasteiger partial charge is 0.333 e. The Morgan fingerprint density at radius 3 is 2.29 bits per heavy atom. The molecule has 0 aliphatic heterocycles. The molecular weight excluding hydrogens is 260 g/mol. The van der Waals surface area contributed by atoms with E-state index in [-0.39, 0.29) is 11.6 Å². The minimum atomic E-state index is -0.163. The van der Waals surface area contributed by atoms with Gasteiger partial charge >= 0.3 is 5.97 Å². The van der Waals surface area contributed by atoms with Crippen molar-refractivity contribution < 1.29 is 9.53 Å². The second-order valence-electron chi connectivity index (χ2n) is 7.95. The summed E-state index contributed by atoms with van der Waals surface area (Å²) in [7, 11) is 0. The quantitative estimate of drug-likeness (QED) is 0.529. The number of carbonyl (C=O) groups excluding carboxylic acids is 1. The van der Waals surface area contributed by atoms with Crippen molar-refractivity contribution >= 4 is 5.97 Å². The first-order chi connectivity index (χ1) is 10.1. The van der Waals surface area contributed by atoms with Crippen LogP contribution in [0.4, 0.5) is 0 Å². The van der Waals surface area contributed by atoms with E-state index >= 15 is 0 Å². The predicted octanol–water partition coefficient (Wildman–Crippen LogP) is 5.17. The van der Waals surface area contributed by atoms with Gasteiger partial charge in [0.05, 0.1) is 0 Å². The maximum atomic E-state index is 12.2. The van der Waals surface area contributed by atoms with E-state index in [0.29, 0.717) is 16.9 Å². The van der Waals surface area contributed by atoms with Crippen LogP contribution in [-0.2, 0) is 9.53 Å². The average molecular weight is 290 g/mol. The van der Waals surface area contributed by atoms with Crippen LogP contribution in [0.2, 0.25) is 0 Å². The largest absolute Gasteiger partial charge is 0.455 e. The van der Waals surface area contributed by atoms with Crippen LogP contribution in [-0.4, -0.2) is 11.6 Å². The standard InChI is InChI=1S/C19H30O2/c1-15(2)17(20)21-19(16-8-4-5-9-16)13-12-18(14-19)10-6-3-7-11-18/h16H,1,3-14H2,2H3. The zero-order valence-electron chi connectivity index (χ0n) is 13.6. The Bertz CT molecular complexity index is 413. The fraction of sp³-hybridized carbons (Fsp3) is 0.842. The van der Waals surface area contributed by atoms with Crippen LogP contribution in [0.5, 0.6) is 0 Å². The van der Waals surface area contributed by atoms with Gasteiger partial charge in [0.1, 0.15) is 5.60 Å². The van der Waals surface area contributed by atoms with Crippen LogP contribution in [0.1, 0.15) is 84.0 Å². The molecule has 0 saturated heterocycles. The molecule has 0 aromatic heterocycles. The molecule has 0 radical (unpaired) electrons. The molecular formula is C19H30O2. The molecule has 0 amide bonds. The predicted molar refractivity (Wildman–Crippen MR) is 85.0 cm³/mol. The fourth-order valence-electron chi connectivity index (χ4n) is 5.26. The molecule has 3 saturated carbocycles. The van der Waals surface area contributed by atoms with Crippen molar-refractivity contribution in [3.05, 3.63) is 12.2 Å². The van der Waals surface area contributed by atoms with Crippen LogP contribution in [0.3, 0.4) is 0 Å². The molecule has 2 heteroatoms. The third-order valence-electron chi connectivity index (χ3n) is 6.41. The van der Waals surface area contributed by atoms with Crippen molar-refractivity contribution in [3.8, 4) is 0 Å². The van der Waals surface area contributed by atoms with E-state index in [1.165, 1.54) is 64.2 Å². The lowest BCUT2D eigenvalue weighted by Gasteiger charge is -2.39. The summed E-state index contributed by atoms with van der Waals surface area (Å²) in [5, 5.41) is 0. The van der Waals surface area contributed by atoms with Crippen molar-refractivity contribution in [2.75, 3.05) is 0 Å². The second kappa shape index (κ2) is 5.78. The van der Waals surface area contributed by atoms with E-state index in [0.717, 1.165) is 12.8 Å². The summed E-state index contributed by atoms with van der Waals surface area (Å²) < 4.78 is 6.13. The van der Waals surface area contributed by atoms with Crippen molar-refractivity contribution in [1.82, 2.24) is 0 Å². The Hall–Kier alpha value is -0.790. The highest BCUT2D eigenvalue weighted by atomic mass is 16.6. The van der Waals surface area contributed by atoms with Gasteiger partial charge in [0.2, 0.25) is 0 Å². The van der Waals surface area contributed by atoms with Crippen molar-refractivity contribution in [1.29, 1.82) is 0 Å². The second-order valence-corrected chi connectivity index (χ2v) is 7.95. The monoisotopic (exact) mass is 290 g/mol. The first-order valence-electron chi connectivity index (χ1n) is 8.94. The van der Waals surface area contributed by atoms with Gasteiger partial charge in [-0.1, -0.05) is 38.7 Å². The first kappa shape index (κ1) is 15.1. The van der Waals surface area contributed by atoms with E-state index in [2.05, 4.69) is 6.58 Å². The number of hydrogen-bond donors (Lipinski definition) is 0. The van der Waals surface area contributed by atoms with Crippen LogP contribution in [0.25, 0.3) is 0 Å². The van der Waals surface area contributed by atoms with Crippen LogP contribution in [0.15, 0.2) is 12.2 Å². The van der Waals surface area contributed by atoms with E-state index in [1.54, 1.807) is 6.92 Å². The lowest BCUT2D eigenvalue weighted by atomic mass is 9.70. The summed E-state index contributed by atoms with van der Waals surface area (Å²) in [6.07, 6.45) is 15.5. The zero-order valence-corrected chi connectivity index (χ0v) is 13.6. The summed E-state index contributed by atoms with van der Waals surface area (Å²) in [4.78, 5) is 12.2. The van der Waals surface area contributed by atoms with Gasteiger partial charge in [-0.15, -0.1) is 0 Å². The van der Waals surface area contributed by atoms with Gasteiger partial charge in [-0.25, -0.2) is 4.79 Å². The summed E-state index contributed by atoms with van der Waals surface area (Å²) in [5.74, 6) is 0.442. The molecule has 3 rings (SSSR count). The number of hydrogen-bond acceptors (Lipinski definition) is 2. The lowest BCUT2D eigenvalue weighted by molar-refractivity contribution is -0.162. The minimum absolute atomic E-state index is 0.158. The molecule has 3 aliphatic carbocycles. The van der Waals surface area contributed by atoms with Gasteiger partial charge in [0.15, 0.2) is 0 Å². The van der Waals surface area contributed by atoms with Gasteiger partial charge < -0.3 is 4.74 Å². The maximum Gasteiger partial charge on any atom is 0.333 e. The third kappa shape index (κ3) is 2.91. The molecule has 0 bridgehead atoms. The summed E-state index contributed by atoms with van der Waals surface area (Å²) in [5.41, 5.74) is 0.872. The number of esters is 1. The zero-order chi connectivity index (χ0) is 14.9. The molecule has 1 unspecified atom stereocenters. The Morgan fingerprint density at radius 2 is 1.67 bits per heavy atom. The highest BCUT2D eigenvalue weighted by Crippen LogP contribution is 2.58. The van der Waals surface area contributed by atoms with E-state index in [9.17, 15) is 4.79 Å². The van der Waals surface area contributed by atoms with Gasteiger partial charge in [-0.05, 0) is 63.2 Å². The minimum Gasteiger partial charge on any atom is -0.455 e. The Labute approximate surface area is 129 Å². The maximum absolute atomic E-state index is 12.2. The first-order valence-corrected chi connectivity index (χ1v) is 8.94. The molecule has 1 spiro atoms. The van der Waals surface area contributed by atoms with Gasteiger partial charge in [-0.3, -0.25) is 0 Å². The lowest BCUT2D eigenvalue weighted by Crippen LogP contribution is -2.41. The molecule has 118 valence electrons. The molecule has 0 aromatic carbocycles. The third-order valence-corrected chi connectivity index (χ3v) is 6.41. The molecule has 0 heterocycles. The van der Waals surface area contributed by atoms with Crippen molar-refractivity contribution in [2.45, 2.75) is 89.6 Å². The highest BCUT2D eigenvalue weighted by Gasteiger charge is 2.54. The fourth-order valence-corrected chi connectivity index (χ4v) is 5.26. The summed E-state index contributed by atoms with van der Waals surface area (Å²) in [6.45, 7) is 5.56. The van der Waals surface area contributed by atoms with Crippen molar-refractivity contribution in [3.63, 3.8) is 0 Å². The average Bonchev–Trinajstić information content (AvgIpc) is 3.10. The number of ether oxygens (including phenoxy) is 1. The molecule has 0 N–H and O–H groups in total. The van der Waals surface area contributed by atoms with E-state index in [4.69, 9.17) is 4.74 Å². The summed E-state index contributed by atoms with van der Waals surface area (Å²) in [6, 6.07) is 0. The Kier molecular flexibility index (Phi) is 4.16. The van der Waals surface area contributed by atoms with Crippen LogP contribution >= 0.6 is 0 Å². The normalized spacial score (nSPS) is 32.4. The molecule has 3 fully saturated rings. The van der Waals surface area contributed by atoms with E-state index < -0.39 is 0 Å². The van der Waals surface area contributed by atoms with E-state index in [1.807, 2.05) is 0 Å². The van der Waals surface area contributed by atoms with Crippen LogP contribution in [0, 0.1) is 11.3 Å². The molecule has 21 heavy (non-hydrogen) atoms. The Balaban J connectivity index is 1.80. The summed E-state index contributed by atoms with van der Waals surface area (Å²) >= 11 is 0. The van der Waals surface area contributed by atoms with Gasteiger partial charge in [0, 0.05) is 5.57 Å². The van der Waals surface area contributed by atoms with Gasteiger partial charge in [0.25, 0.3) is 0 Å². The number of rotatable bonds is 3.